The molecule has 2 heterocycles. The Morgan fingerprint density at radius 1 is 1.21 bits per heavy atom. The molecule has 6 heteroatoms. The maximum Gasteiger partial charge on any atom is 0.272 e. The number of rotatable bonds is 3. The Labute approximate surface area is 139 Å². The van der Waals surface area contributed by atoms with Gasteiger partial charge in [-0.15, -0.1) is 0 Å². The van der Waals surface area contributed by atoms with Crippen LogP contribution in [0.5, 0.6) is 0 Å². The molecule has 0 saturated carbocycles. The quantitative estimate of drug-likeness (QED) is 0.941. The third-order valence-corrected chi connectivity index (χ3v) is 4.77. The van der Waals surface area contributed by atoms with Gasteiger partial charge in [-0.25, -0.2) is 9.07 Å². The second kappa shape index (κ2) is 6.36. The van der Waals surface area contributed by atoms with Crippen molar-refractivity contribution in [2.45, 2.75) is 38.1 Å². The molecule has 126 valence electrons. The summed E-state index contributed by atoms with van der Waals surface area (Å²) in [6.07, 6.45) is 4.46. The lowest BCUT2D eigenvalue weighted by molar-refractivity contribution is 0.0693. The third kappa shape index (κ3) is 2.82. The molecule has 4 rings (SSSR count). The van der Waals surface area contributed by atoms with Crippen molar-refractivity contribution in [2.75, 3.05) is 13.2 Å². The van der Waals surface area contributed by atoms with E-state index in [0.717, 1.165) is 49.0 Å². The van der Waals surface area contributed by atoms with Crippen molar-refractivity contribution >= 4 is 5.91 Å². The van der Waals surface area contributed by atoms with Gasteiger partial charge in [-0.2, -0.15) is 5.10 Å². The van der Waals surface area contributed by atoms with Crippen molar-refractivity contribution in [3.63, 3.8) is 0 Å². The smallest absolute Gasteiger partial charge is 0.272 e. The summed E-state index contributed by atoms with van der Waals surface area (Å²) in [6, 6.07) is 6.38. The highest BCUT2D eigenvalue weighted by Crippen LogP contribution is 2.28. The Kier molecular flexibility index (Phi) is 4.06. The molecule has 0 bridgehead atoms. The number of benzene rings is 1. The highest BCUT2D eigenvalue weighted by Gasteiger charge is 2.28. The number of nitrogens with one attached hydrogen (secondary N) is 1. The van der Waals surface area contributed by atoms with Gasteiger partial charge in [0.05, 0.1) is 5.69 Å². The number of hydrogen-bond acceptors (Lipinski definition) is 3. The molecule has 1 aliphatic carbocycles. The number of nitrogens with zero attached hydrogens (tertiary/aromatic N) is 2. The van der Waals surface area contributed by atoms with Gasteiger partial charge in [0, 0.05) is 30.5 Å². The van der Waals surface area contributed by atoms with Gasteiger partial charge in [-0.05, 0) is 56.4 Å². The van der Waals surface area contributed by atoms with Crippen LogP contribution in [-0.4, -0.2) is 34.9 Å². The number of carbonyl (C=O) groups is 1. The predicted octanol–water partition coefficient (Wildman–Crippen LogP) is 2.41. The zero-order chi connectivity index (χ0) is 16.5. The lowest BCUT2D eigenvalue weighted by atomic mass is 10.1. The molecule has 5 nitrogen and oxygen atoms in total. The molecule has 0 atom stereocenters. The van der Waals surface area contributed by atoms with Crippen LogP contribution in [0.3, 0.4) is 0 Å². The van der Waals surface area contributed by atoms with Gasteiger partial charge in [0.25, 0.3) is 5.91 Å². The third-order valence-electron chi connectivity index (χ3n) is 4.77. The maximum absolute atomic E-state index is 13.2. The van der Waals surface area contributed by atoms with Crippen LogP contribution < -0.4 is 5.32 Å². The molecule has 1 amide bonds. The molecule has 1 aliphatic heterocycles. The number of ether oxygens (including phenoxy) is 1. The number of halogens is 1. The van der Waals surface area contributed by atoms with Crippen molar-refractivity contribution in [3.05, 3.63) is 47.0 Å². The lowest BCUT2D eigenvalue weighted by Crippen LogP contribution is -2.39. The first kappa shape index (κ1) is 15.3. The Morgan fingerprint density at radius 3 is 2.71 bits per heavy atom. The molecule has 2 aromatic rings. The second-order valence-corrected chi connectivity index (χ2v) is 6.38. The van der Waals surface area contributed by atoms with Gasteiger partial charge in [0.15, 0.2) is 5.69 Å². The molecule has 1 fully saturated rings. The van der Waals surface area contributed by atoms with E-state index >= 15 is 0 Å². The summed E-state index contributed by atoms with van der Waals surface area (Å²) in [5.74, 6) is -0.388. The molecule has 24 heavy (non-hydrogen) atoms. The fraction of sp³-hybridized carbons (Fsp3) is 0.444. The topological polar surface area (TPSA) is 56.1 Å². The zero-order valence-corrected chi connectivity index (χ0v) is 13.4. The molecule has 0 radical (unpaired) electrons. The van der Waals surface area contributed by atoms with Crippen LogP contribution >= 0.6 is 0 Å². The molecule has 1 N–H and O–H groups in total. The number of fused-ring (bicyclic) bond motifs is 1. The normalized spacial score (nSPS) is 17.7. The zero-order valence-electron chi connectivity index (χ0n) is 13.4. The van der Waals surface area contributed by atoms with E-state index in [0.29, 0.717) is 18.9 Å². The van der Waals surface area contributed by atoms with Crippen LogP contribution in [0.1, 0.15) is 41.0 Å². The van der Waals surface area contributed by atoms with Gasteiger partial charge in [-0.3, -0.25) is 4.79 Å². The maximum atomic E-state index is 13.2. The van der Waals surface area contributed by atoms with E-state index in [1.165, 1.54) is 12.1 Å². The van der Waals surface area contributed by atoms with Gasteiger partial charge in [0.1, 0.15) is 5.82 Å². The minimum Gasteiger partial charge on any atom is -0.381 e. The van der Waals surface area contributed by atoms with Crippen molar-refractivity contribution in [2.24, 2.45) is 0 Å². The number of carbonyl (C=O) groups excluding carboxylic acids is 1. The summed E-state index contributed by atoms with van der Waals surface area (Å²) < 4.78 is 20.3. The van der Waals surface area contributed by atoms with E-state index in [2.05, 4.69) is 10.4 Å². The summed E-state index contributed by atoms with van der Waals surface area (Å²) in [5.41, 5.74) is 3.40. The summed E-state index contributed by atoms with van der Waals surface area (Å²) in [5, 5.41) is 7.63. The number of hydrogen-bond donors (Lipinski definition) is 1. The lowest BCUT2D eigenvalue weighted by Gasteiger charge is -2.22. The molecule has 0 unspecified atom stereocenters. The first-order valence-corrected chi connectivity index (χ1v) is 8.47. The molecule has 1 aromatic carbocycles. The number of aromatic nitrogens is 2. The Bertz CT molecular complexity index is 748. The second-order valence-electron chi connectivity index (χ2n) is 6.38. The SMILES string of the molecule is O=C(NC1CCOCC1)c1nn(-c2ccc(F)cc2)c2c1CCC2. The summed E-state index contributed by atoms with van der Waals surface area (Å²) in [7, 11) is 0. The van der Waals surface area contributed by atoms with Crippen LogP contribution in [0.2, 0.25) is 0 Å². The molecule has 0 spiro atoms. The fourth-order valence-electron chi connectivity index (χ4n) is 3.51. The van der Waals surface area contributed by atoms with Crippen LogP contribution in [0.15, 0.2) is 24.3 Å². The van der Waals surface area contributed by atoms with Crippen molar-refractivity contribution in [1.82, 2.24) is 15.1 Å². The van der Waals surface area contributed by atoms with Crippen LogP contribution in [-0.2, 0) is 17.6 Å². The summed E-state index contributed by atoms with van der Waals surface area (Å²) in [6.45, 7) is 1.38. The van der Waals surface area contributed by atoms with E-state index in [-0.39, 0.29) is 17.8 Å². The van der Waals surface area contributed by atoms with E-state index in [1.54, 1.807) is 16.8 Å². The molecule has 1 saturated heterocycles. The van der Waals surface area contributed by atoms with Crippen molar-refractivity contribution in [1.29, 1.82) is 0 Å². The average Bonchev–Trinajstić information content (AvgIpc) is 3.19. The number of amides is 1. The van der Waals surface area contributed by atoms with Crippen molar-refractivity contribution < 1.29 is 13.9 Å². The highest BCUT2D eigenvalue weighted by atomic mass is 19.1. The van der Waals surface area contributed by atoms with E-state index in [1.807, 2.05) is 0 Å². The van der Waals surface area contributed by atoms with Gasteiger partial charge in [0.2, 0.25) is 0 Å². The molecule has 1 aromatic heterocycles. The standard InChI is InChI=1S/C18H20FN3O2/c19-12-4-6-14(7-5-12)22-16-3-1-2-15(16)17(21-22)18(23)20-13-8-10-24-11-9-13/h4-7,13H,1-3,8-11H2,(H,20,23). The largest absolute Gasteiger partial charge is 0.381 e. The molecular formula is C18H20FN3O2. The Balaban J connectivity index is 1.63. The van der Waals surface area contributed by atoms with E-state index in [4.69, 9.17) is 4.74 Å². The van der Waals surface area contributed by atoms with Gasteiger partial charge >= 0.3 is 0 Å². The van der Waals surface area contributed by atoms with Crippen LogP contribution in [0.25, 0.3) is 5.69 Å². The van der Waals surface area contributed by atoms with E-state index < -0.39 is 0 Å². The first-order chi connectivity index (χ1) is 11.7. The summed E-state index contributed by atoms with van der Waals surface area (Å²) in [4.78, 5) is 12.7. The monoisotopic (exact) mass is 329 g/mol. The molecule has 2 aliphatic rings. The Morgan fingerprint density at radius 2 is 1.96 bits per heavy atom. The minimum absolute atomic E-state index is 0.110. The van der Waals surface area contributed by atoms with Crippen LogP contribution in [0, 0.1) is 5.82 Å². The Hall–Kier alpha value is -2.21. The minimum atomic E-state index is -0.278. The predicted molar refractivity (Wildman–Crippen MR) is 86.9 cm³/mol. The average molecular weight is 329 g/mol. The molecular weight excluding hydrogens is 309 g/mol. The van der Waals surface area contributed by atoms with E-state index in [9.17, 15) is 9.18 Å². The fourth-order valence-corrected chi connectivity index (χ4v) is 3.51. The van der Waals surface area contributed by atoms with Gasteiger partial charge in [-0.1, -0.05) is 0 Å². The van der Waals surface area contributed by atoms with Crippen LogP contribution in [0.4, 0.5) is 4.39 Å². The summed E-state index contributed by atoms with van der Waals surface area (Å²) >= 11 is 0. The first-order valence-electron chi connectivity index (χ1n) is 8.47. The van der Waals surface area contributed by atoms with Crippen molar-refractivity contribution in [3.8, 4) is 5.69 Å². The highest BCUT2D eigenvalue weighted by molar-refractivity contribution is 5.94. The van der Waals surface area contributed by atoms with Gasteiger partial charge < -0.3 is 10.1 Å².